The summed E-state index contributed by atoms with van der Waals surface area (Å²) < 4.78 is 18.1. The maximum Gasteiger partial charge on any atom is 0.530 e. The molecule has 0 radical (unpaired) electrons. The van der Waals surface area contributed by atoms with Crippen LogP contribution in [0.4, 0.5) is 0 Å². The average molecular weight is 406 g/mol. The molecule has 3 aromatic carbocycles. The van der Waals surface area contributed by atoms with Crippen molar-refractivity contribution in [3.8, 4) is 17.2 Å². The minimum absolute atomic E-state index is 0.468. The molecule has 0 unspecified atom stereocenters. The first kappa shape index (κ1) is 21.0. The Morgan fingerprint density at radius 1 is 0.621 bits per heavy atom. The van der Waals surface area contributed by atoms with Gasteiger partial charge in [0.2, 0.25) is 0 Å². The van der Waals surface area contributed by atoms with E-state index < -0.39 is 8.60 Å². The summed E-state index contributed by atoms with van der Waals surface area (Å²) in [7, 11) is -1.70. The highest BCUT2D eigenvalue weighted by molar-refractivity contribution is 7.43. The van der Waals surface area contributed by atoms with Crippen LogP contribution in [-0.4, -0.2) is 0 Å². The molecule has 0 N–H and O–H groups in total. The number of aryl methyl sites for hydroxylation is 1. The van der Waals surface area contributed by atoms with Gasteiger partial charge in [-0.1, -0.05) is 58.0 Å². The molecule has 0 aliphatic rings. The van der Waals surface area contributed by atoms with E-state index in [1.165, 1.54) is 11.1 Å². The molecule has 0 spiro atoms. The van der Waals surface area contributed by atoms with Crippen molar-refractivity contribution >= 4 is 8.60 Å². The fourth-order valence-corrected chi connectivity index (χ4v) is 3.60. The molecular formula is C25H27O3P. The number of rotatable bonds is 8. The Bertz CT molecular complexity index is 831. The zero-order valence-electron chi connectivity index (χ0n) is 17.6. The Morgan fingerprint density at radius 3 is 1.48 bits per heavy atom. The number of hydrogen-bond donors (Lipinski definition) is 0. The van der Waals surface area contributed by atoms with Gasteiger partial charge in [-0.25, -0.2) is 0 Å². The second kappa shape index (κ2) is 9.68. The van der Waals surface area contributed by atoms with Crippen molar-refractivity contribution in [2.75, 3.05) is 0 Å². The highest BCUT2D eigenvalue weighted by Crippen LogP contribution is 2.42. The van der Waals surface area contributed by atoms with Gasteiger partial charge in [0.25, 0.3) is 0 Å². The molecule has 3 rings (SSSR count). The standard InChI is InChI=1S/C25H27O3P/c1-18(2)21-8-14-24(15-9-21)27-29(26-23-12-6-20(5)7-13-23)28-25-16-10-22(11-17-25)19(3)4/h6,8-12,14-19H,1-5H3. The van der Waals surface area contributed by atoms with Crippen LogP contribution in [0.1, 0.15) is 56.2 Å². The van der Waals surface area contributed by atoms with Gasteiger partial charge in [-0.3, -0.25) is 0 Å². The zero-order valence-corrected chi connectivity index (χ0v) is 18.5. The predicted octanol–water partition coefficient (Wildman–Crippen LogP) is 7.61. The first-order valence-electron chi connectivity index (χ1n) is 9.85. The highest BCUT2D eigenvalue weighted by atomic mass is 31.2. The van der Waals surface area contributed by atoms with Gasteiger partial charge in [0.1, 0.15) is 11.5 Å². The Kier molecular flexibility index (Phi) is 7.02. The number of benzene rings is 2. The predicted molar refractivity (Wildman–Crippen MR) is 119 cm³/mol. The summed E-state index contributed by atoms with van der Waals surface area (Å²) in [6.07, 6.45) is 0. The van der Waals surface area contributed by atoms with Gasteiger partial charge >= 0.3 is 8.60 Å². The molecule has 4 heteroatoms. The molecule has 3 aromatic rings. The molecule has 3 nitrogen and oxygen atoms in total. The third-order valence-electron chi connectivity index (χ3n) is 4.49. The summed E-state index contributed by atoms with van der Waals surface area (Å²) in [5.41, 5.74) is 3.51. The van der Waals surface area contributed by atoms with E-state index >= 15 is 0 Å². The van der Waals surface area contributed by atoms with Crippen LogP contribution < -0.4 is 13.6 Å². The van der Waals surface area contributed by atoms with E-state index in [0.717, 1.165) is 5.56 Å². The summed E-state index contributed by atoms with van der Waals surface area (Å²) in [5.74, 6) is 2.88. The molecule has 0 fully saturated rings. The number of hydrogen-bond acceptors (Lipinski definition) is 3. The van der Waals surface area contributed by atoms with E-state index in [1.54, 1.807) is 0 Å². The van der Waals surface area contributed by atoms with Crippen molar-refractivity contribution in [3.05, 3.63) is 89.5 Å². The Balaban J connectivity index is 1.77. The molecule has 0 aromatic heterocycles. The summed E-state index contributed by atoms with van der Waals surface area (Å²) in [6.45, 7) is 10.6. The van der Waals surface area contributed by atoms with Gasteiger partial charge < -0.3 is 13.6 Å². The van der Waals surface area contributed by atoms with Crippen LogP contribution in [0.2, 0.25) is 0 Å². The fourth-order valence-electron chi connectivity index (χ4n) is 2.63. The third kappa shape index (κ3) is 6.14. The molecule has 0 amide bonds. The molecule has 0 heterocycles. The van der Waals surface area contributed by atoms with Gasteiger partial charge in [0, 0.05) is 0 Å². The van der Waals surface area contributed by atoms with Gasteiger partial charge in [-0.15, -0.1) is 0 Å². The first-order valence-corrected chi connectivity index (χ1v) is 10.9. The van der Waals surface area contributed by atoms with Crippen molar-refractivity contribution in [2.24, 2.45) is 0 Å². The lowest BCUT2D eigenvalue weighted by Gasteiger charge is -2.18. The first-order chi connectivity index (χ1) is 13.9. The molecule has 0 aliphatic carbocycles. The maximum atomic E-state index is 6.05. The summed E-state index contributed by atoms with van der Waals surface area (Å²) in [4.78, 5) is 0. The molecule has 0 bridgehead atoms. The smallest absolute Gasteiger partial charge is 0.408 e. The van der Waals surface area contributed by atoms with Gasteiger partial charge in [-0.05, 0) is 77.9 Å². The highest BCUT2D eigenvalue weighted by Gasteiger charge is 2.20. The van der Waals surface area contributed by atoms with Crippen LogP contribution in [0.15, 0.2) is 60.7 Å². The topological polar surface area (TPSA) is 27.7 Å². The monoisotopic (exact) mass is 406 g/mol. The van der Waals surface area contributed by atoms with Crippen LogP contribution in [0.25, 0.3) is 0 Å². The lowest BCUT2D eigenvalue weighted by atomic mass is 10.0. The lowest BCUT2D eigenvalue weighted by molar-refractivity contribution is 0.388. The Morgan fingerprint density at radius 2 is 1.10 bits per heavy atom. The van der Waals surface area contributed by atoms with Crippen molar-refractivity contribution in [1.29, 1.82) is 0 Å². The van der Waals surface area contributed by atoms with Gasteiger partial charge in [0.15, 0.2) is 5.75 Å². The van der Waals surface area contributed by atoms with Crippen LogP contribution in [-0.2, 0) is 0 Å². The van der Waals surface area contributed by atoms with E-state index in [0.29, 0.717) is 29.1 Å². The third-order valence-corrected chi connectivity index (χ3v) is 5.56. The quantitative estimate of drug-likeness (QED) is 0.360. The van der Waals surface area contributed by atoms with Crippen molar-refractivity contribution in [1.82, 2.24) is 0 Å². The Hall–Kier alpha value is -2.69. The summed E-state index contributed by atoms with van der Waals surface area (Å²) >= 11 is 0. The van der Waals surface area contributed by atoms with Crippen LogP contribution in [0.3, 0.4) is 0 Å². The summed E-state index contributed by atoms with van der Waals surface area (Å²) in [5, 5.41) is 0. The molecule has 0 atom stereocenters. The van der Waals surface area contributed by atoms with Gasteiger partial charge in [0.05, 0.1) is 0 Å². The minimum atomic E-state index is -1.70. The van der Waals surface area contributed by atoms with Crippen LogP contribution >= 0.6 is 8.60 Å². The van der Waals surface area contributed by atoms with Crippen LogP contribution in [0, 0.1) is 19.1 Å². The van der Waals surface area contributed by atoms with E-state index in [2.05, 4.69) is 64.1 Å². The van der Waals surface area contributed by atoms with Crippen molar-refractivity contribution in [2.45, 2.75) is 46.5 Å². The van der Waals surface area contributed by atoms with E-state index in [1.807, 2.05) is 43.3 Å². The lowest BCUT2D eigenvalue weighted by Crippen LogP contribution is -2.02. The van der Waals surface area contributed by atoms with E-state index in [4.69, 9.17) is 13.6 Å². The minimum Gasteiger partial charge on any atom is -0.408 e. The van der Waals surface area contributed by atoms with E-state index in [9.17, 15) is 0 Å². The SMILES string of the molecule is Cc1c#cc(OP(Oc2ccc(C(C)C)cc2)Oc2ccc(C(C)C)cc2)cc1. The van der Waals surface area contributed by atoms with E-state index in [-0.39, 0.29) is 0 Å². The van der Waals surface area contributed by atoms with Crippen LogP contribution in [0.5, 0.6) is 17.2 Å². The molecule has 150 valence electrons. The molecule has 0 saturated carbocycles. The molecule has 0 aliphatic heterocycles. The van der Waals surface area contributed by atoms with Gasteiger partial charge in [-0.2, -0.15) is 0 Å². The van der Waals surface area contributed by atoms with Crippen molar-refractivity contribution < 1.29 is 13.6 Å². The average Bonchev–Trinajstić information content (AvgIpc) is 2.70. The molecule has 0 saturated heterocycles. The maximum absolute atomic E-state index is 6.05. The largest absolute Gasteiger partial charge is 0.530 e. The zero-order chi connectivity index (χ0) is 20.8. The van der Waals surface area contributed by atoms with Crippen molar-refractivity contribution in [3.63, 3.8) is 0 Å². The molecule has 29 heavy (non-hydrogen) atoms. The second-order valence-corrected chi connectivity index (χ2v) is 8.57. The molecular weight excluding hydrogens is 379 g/mol. The Labute approximate surface area is 175 Å². The normalized spacial score (nSPS) is 10.9. The fraction of sp³-hybridized carbons (Fsp3) is 0.280. The summed E-state index contributed by atoms with van der Waals surface area (Å²) in [6, 6.07) is 25.8. The second-order valence-electron chi connectivity index (χ2n) is 7.58.